The summed E-state index contributed by atoms with van der Waals surface area (Å²) < 4.78 is 4.63. The van der Waals surface area contributed by atoms with Crippen molar-refractivity contribution in [3.05, 3.63) is 38.9 Å². The van der Waals surface area contributed by atoms with Gasteiger partial charge in [0.1, 0.15) is 11.4 Å². The van der Waals surface area contributed by atoms with E-state index in [0.717, 1.165) is 6.07 Å². The first-order valence-electron chi connectivity index (χ1n) is 5.08. The highest BCUT2D eigenvalue weighted by atomic mass is 35.5. The number of hydrogen-bond acceptors (Lipinski definition) is 5. The predicted octanol–water partition coefficient (Wildman–Crippen LogP) is 2.38. The average molecular weight is 272 g/mol. The zero-order chi connectivity index (χ0) is 13.7. The fraction of sp³-hybridized carbons (Fsp3) is 0.273. The van der Waals surface area contributed by atoms with Crippen LogP contribution in [0.5, 0.6) is 0 Å². The summed E-state index contributed by atoms with van der Waals surface area (Å²) in [7, 11) is 0. The van der Waals surface area contributed by atoms with Crippen LogP contribution in [-0.2, 0) is 9.53 Å². The van der Waals surface area contributed by atoms with E-state index < -0.39 is 23.1 Å². The molecule has 0 saturated heterocycles. The lowest BCUT2D eigenvalue weighted by Crippen LogP contribution is -2.11. The first kappa shape index (κ1) is 14.1. The van der Waals surface area contributed by atoms with E-state index in [1.807, 2.05) is 0 Å². The van der Waals surface area contributed by atoms with Crippen LogP contribution in [0.25, 0.3) is 0 Å². The smallest absolute Gasteiger partial charge is 0.313 e. The van der Waals surface area contributed by atoms with E-state index in [9.17, 15) is 19.7 Å². The van der Waals surface area contributed by atoms with Crippen LogP contribution in [0.4, 0.5) is 5.69 Å². The van der Waals surface area contributed by atoms with Gasteiger partial charge in [0.05, 0.1) is 11.5 Å². The van der Waals surface area contributed by atoms with Crippen molar-refractivity contribution < 1.29 is 19.2 Å². The molecule has 0 atom stereocenters. The quantitative estimate of drug-likeness (QED) is 0.270. The number of benzene rings is 1. The second-order valence-electron chi connectivity index (χ2n) is 3.33. The predicted molar refractivity (Wildman–Crippen MR) is 63.7 cm³/mol. The largest absolute Gasteiger partial charge is 0.466 e. The molecule has 0 N–H and O–H groups in total. The highest BCUT2D eigenvalue weighted by Crippen LogP contribution is 2.25. The number of rotatable bonds is 5. The van der Waals surface area contributed by atoms with Gasteiger partial charge in [-0.2, -0.15) is 0 Å². The minimum Gasteiger partial charge on any atom is -0.466 e. The van der Waals surface area contributed by atoms with Gasteiger partial charge >= 0.3 is 5.97 Å². The molecule has 6 nitrogen and oxygen atoms in total. The molecule has 0 aliphatic heterocycles. The summed E-state index contributed by atoms with van der Waals surface area (Å²) >= 11 is 5.66. The summed E-state index contributed by atoms with van der Waals surface area (Å²) in [4.78, 5) is 32.6. The minimum atomic E-state index is -0.651. The number of nitrogens with zero attached hydrogens (tertiary/aromatic N) is 1. The Balaban J connectivity index is 2.85. The van der Waals surface area contributed by atoms with Crippen LogP contribution >= 0.6 is 11.6 Å². The fourth-order valence-corrected chi connectivity index (χ4v) is 1.52. The number of esters is 1. The molecule has 1 rings (SSSR count). The highest BCUT2D eigenvalue weighted by Gasteiger charge is 2.17. The van der Waals surface area contributed by atoms with Gasteiger partial charge in [0.2, 0.25) is 0 Å². The van der Waals surface area contributed by atoms with Gasteiger partial charge in [0, 0.05) is 11.6 Å². The minimum absolute atomic E-state index is 0.138. The van der Waals surface area contributed by atoms with Crippen molar-refractivity contribution in [2.45, 2.75) is 13.3 Å². The van der Waals surface area contributed by atoms with Gasteiger partial charge in [-0.3, -0.25) is 19.7 Å². The monoisotopic (exact) mass is 271 g/mol. The fourth-order valence-electron chi connectivity index (χ4n) is 1.27. The van der Waals surface area contributed by atoms with Crippen molar-refractivity contribution in [3.63, 3.8) is 0 Å². The molecule has 18 heavy (non-hydrogen) atoms. The molecule has 0 saturated carbocycles. The lowest BCUT2D eigenvalue weighted by atomic mass is 10.1. The Bertz CT molecular complexity index is 500. The van der Waals surface area contributed by atoms with Gasteiger partial charge in [0.15, 0.2) is 5.78 Å². The van der Waals surface area contributed by atoms with Crippen LogP contribution in [0, 0.1) is 10.1 Å². The average Bonchev–Trinajstić information content (AvgIpc) is 2.28. The lowest BCUT2D eigenvalue weighted by Gasteiger charge is -2.02. The van der Waals surface area contributed by atoms with Gasteiger partial charge in [-0.1, -0.05) is 11.6 Å². The van der Waals surface area contributed by atoms with Crippen LogP contribution < -0.4 is 0 Å². The molecule has 0 amide bonds. The molecule has 0 aliphatic carbocycles. The zero-order valence-electron chi connectivity index (χ0n) is 9.51. The SMILES string of the molecule is CCOC(=O)CC(=O)c1ccc([N+](=O)[O-])c(Cl)c1. The maximum Gasteiger partial charge on any atom is 0.313 e. The van der Waals surface area contributed by atoms with Crippen LogP contribution in [0.3, 0.4) is 0 Å². The number of nitro benzene ring substituents is 1. The third-order valence-electron chi connectivity index (χ3n) is 2.08. The summed E-state index contributed by atoms with van der Waals surface area (Å²) in [6.45, 7) is 1.82. The van der Waals surface area contributed by atoms with Gasteiger partial charge in [-0.25, -0.2) is 0 Å². The summed E-state index contributed by atoms with van der Waals surface area (Å²) in [6, 6.07) is 3.55. The van der Waals surface area contributed by atoms with E-state index in [1.54, 1.807) is 6.92 Å². The van der Waals surface area contributed by atoms with Crippen molar-refractivity contribution in [1.82, 2.24) is 0 Å². The van der Waals surface area contributed by atoms with E-state index in [1.165, 1.54) is 12.1 Å². The molecule has 0 radical (unpaired) electrons. The van der Waals surface area contributed by atoms with Crippen LogP contribution in [0.2, 0.25) is 5.02 Å². The Morgan fingerprint density at radius 2 is 2.11 bits per heavy atom. The molecule has 1 aromatic carbocycles. The Morgan fingerprint density at radius 3 is 2.61 bits per heavy atom. The molecule has 0 bridgehead atoms. The Kier molecular flexibility index (Phi) is 4.79. The highest BCUT2D eigenvalue weighted by molar-refractivity contribution is 6.33. The summed E-state index contributed by atoms with van der Waals surface area (Å²) in [5, 5.41) is 10.4. The molecule has 0 spiro atoms. The number of carbonyl (C=O) groups is 2. The molecule has 96 valence electrons. The molecule has 0 aromatic heterocycles. The Morgan fingerprint density at radius 1 is 1.44 bits per heavy atom. The van der Waals surface area contributed by atoms with Crippen LogP contribution in [0.1, 0.15) is 23.7 Å². The standard InChI is InChI=1S/C11H10ClNO5/c1-2-18-11(15)6-10(14)7-3-4-9(13(16)17)8(12)5-7/h3-5H,2,6H2,1H3. The summed E-state index contributed by atoms with van der Waals surface area (Å²) in [5.74, 6) is -1.14. The number of carbonyl (C=O) groups excluding carboxylic acids is 2. The summed E-state index contributed by atoms with van der Waals surface area (Å²) in [6.07, 6.45) is -0.415. The maximum atomic E-state index is 11.6. The molecule has 0 aliphatic rings. The number of ether oxygens (including phenoxy) is 1. The van der Waals surface area contributed by atoms with E-state index >= 15 is 0 Å². The molecular weight excluding hydrogens is 262 g/mol. The van der Waals surface area contributed by atoms with Crippen LogP contribution in [-0.4, -0.2) is 23.3 Å². The van der Waals surface area contributed by atoms with Crippen molar-refractivity contribution in [2.24, 2.45) is 0 Å². The molecule has 0 fully saturated rings. The third-order valence-corrected chi connectivity index (χ3v) is 2.38. The Hall–Kier alpha value is -1.95. The molecular formula is C11H10ClNO5. The first-order chi connectivity index (χ1) is 8.45. The number of nitro groups is 1. The topological polar surface area (TPSA) is 86.5 Å². The maximum absolute atomic E-state index is 11.6. The van der Waals surface area contributed by atoms with Crippen molar-refractivity contribution in [3.8, 4) is 0 Å². The van der Waals surface area contributed by atoms with Gasteiger partial charge in [-0.05, 0) is 19.1 Å². The number of ketones is 1. The first-order valence-corrected chi connectivity index (χ1v) is 5.46. The molecule has 1 aromatic rings. The van der Waals surface area contributed by atoms with Crippen molar-refractivity contribution in [1.29, 1.82) is 0 Å². The molecule has 0 unspecified atom stereocenters. The van der Waals surface area contributed by atoms with Crippen molar-refractivity contribution in [2.75, 3.05) is 6.61 Å². The van der Waals surface area contributed by atoms with Gasteiger partial charge in [0.25, 0.3) is 5.69 Å². The number of hydrogen-bond donors (Lipinski definition) is 0. The Labute approximate surface area is 108 Å². The summed E-state index contributed by atoms with van der Waals surface area (Å²) in [5.41, 5.74) is -0.150. The zero-order valence-corrected chi connectivity index (χ0v) is 10.3. The van der Waals surface area contributed by atoms with Crippen molar-refractivity contribution >= 4 is 29.0 Å². The molecule has 7 heteroatoms. The molecule has 0 heterocycles. The van der Waals surface area contributed by atoms with E-state index in [4.69, 9.17) is 11.6 Å². The second kappa shape index (κ2) is 6.11. The third kappa shape index (κ3) is 3.53. The van der Waals surface area contributed by atoms with Crippen LogP contribution in [0.15, 0.2) is 18.2 Å². The van der Waals surface area contributed by atoms with Gasteiger partial charge < -0.3 is 4.74 Å². The van der Waals surface area contributed by atoms with E-state index in [-0.39, 0.29) is 22.9 Å². The van der Waals surface area contributed by atoms with E-state index in [2.05, 4.69) is 4.74 Å². The number of halogens is 1. The second-order valence-corrected chi connectivity index (χ2v) is 3.74. The number of Topliss-reactive ketones (excluding diaryl/α,β-unsaturated/α-hetero) is 1. The lowest BCUT2D eigenvalue weighted by molar-refractivity contribution is -0.384. The normalized spacial score (nSPS) is 9.89. The van der Waals surface area contributed by atoms with Gasteiger partial charge in [-0.15, -0.1) is 0 Å². The van der Waals surface area contributed by atoms with E-state index in [0.29, 0.717) is 0 Å².